The number of ether oxygens (including phenoxy) is 2. The predicted molar refractivity (Wildman–Crippen MR) is 109 cm³/mol. The van der Waals surface area contributed by atoms with Gasteiger partial charge < -0.3 is 14.8 Å². The molecule has 0 saturated carbocycles. The number of methoxy groups -OCH3 is 1. The number of aryl methyl sites for hydroxylation is 2. The van der Waals surface area contributed by atoms with E-state index in [0.717, 1.165) is 29.0 Å². The third-order valence-electron chi connectivity index (χ3n) is 4.55. The average Bonchev–Trinajstić information content (AvgIpc) is 2.63. The molecule has 2 rings (SSSR count). The molecular weight excluding hydrogens is 338 g/mol. The lowest BCUT2D eigenvalue weighted by atomic mass is 9.96. The molecule has 0 aliphatic heterocycles. The number of carbonyl (C=O) groups is 1. The van der Waals surface area contributed by atoms with Crippen molar-refractivity contribution >= 4 is 5.91 Å². The van der Waals surface area contributed by atoms with Crippen molar-refractivity contribution in [2.75, 3.05) is 7.11 Å². The number of nitrogens with one attached hydrogen (secondary N) is 1. The SMILES string of the molecule is COc1ccc(C(CC(C)C)NC(=O)C(C)Oc2ccc(C)cc2C)cc1. The van der Waals surface area contributed by atoms with Crippen molar-refractivity contribution < 1.29 is 14.3 Å². The Labute approximate surface area is 162 Å². The summed E-state index contributed by atoms with van der Waals surface area (Å²) < 4.78 is 11.1. The van der Waals surface area contributed by atoms with Crippen LogP contribution in [0.25, 0.3) is 0 Å². The number of amides is 1. The molecule has 2 unspecified atom stereocenters. The fraction of sp³-hybridized carbons (Fsp3) is 0.435. The first-order chi connectivity index (χ1) is 12.8. The van der Waals surface area contributed by atoms with E-state index in [1.54, 1.807) is 14.0 Å². The summed E-state index contributed by atoms with van der Waals surface area (Å²) in [5, 5.41) is 3.15. The molecule has 0 aromatic heterocycles. The van der Waals surface area contributed by atoms with Crippen molar-refractivity contribution in [2.24, 2.45) is 5.92 Å². The molecule has 1 amide bonds. The molecule has 2 aromatic carbocycles. The van der Waals surface area contributed by atoms with E-state index in [0.29, 0.717) is 5.92 Å². The van der Waals surface area contributed by atoms with Crippen molar-refractivity contribution in [3.05, 3.63) is 59.2 Å². The number of hydrogen-bond acceptors (Lipinski definition) is 3. The predicted octanol–water partition coefficient (Wildman–Crippen LogP) is 4.98. The lowest BCUT2D eigenvalue weighted by Gasteiger charge is -2.24. The molecule has 0 aliphatic rings. The van der Waals surface area contributed by atoms with Gasteiger partial charge >= 0.3 is 0 Å². The molecule has 2 aromatic rings. The van der Waals surface area contributed by atoms with E-state index in [1.165, 1.54) is 5.56 Å². The van der Waals surface area contributed by atoms with Crippen LogP contribution in [0, 0.1) is 19.8 Å². The minimum atomic E-state index is -0.570. The van der Waals surface area contributed by atoms with Crippen LogP contribution in [0.3, 0.4) is 0 Å². The van der Waals surface area contributed by atoms with Crippen molar-refractivity contribution in [1.29, 1.82) is 0 Å². The Bertz CT molecular complexity index is 753. The van der Waals surface area contributed by atoms with Gasteiger partial charge in [0.25, 0.3) is 5.91 Å². The van der Waals surface area contributed by atoms with E-state index >= 15 is 0 Å². The van der Waals surface area contributed by atoms with Crippen LogP contribution in [0.5, 0.6) is 11.5 Å². The molecule has 0 saturated heterocycles. The molecule has 0 fully saturated rings. The van der Waals surface area contributed by atoms with E-state index in [2.05, 4.69) is 25.2 Å². The van der Waals surface area contributed by atoms with Gasteiger partial charge in [0.1, 0.15) is 11.5 Å². The highest BCUT2D eigenvalue weighted by Crippen LogP contribution is 2.25. The standard InChI is InChI=1S/C23H31NO3/c1-15(2)13-21(19-8-10-20(26-6)11-9-19)24-23(25)18(5)27-22-12-7-16(3)14-17(22)4/h7-12,14-15,18,21H,13H2,1-6H3,(H,24,25). The zero-order valence-electron chi connectivity index (χ0n) is 17.2. The molecule has 0 aliphatic carbocycles. The van der Waals surface area contributed by atoms with Crippen LogP contribution < -0.4 is 14.8 Å². The monoisotopic (exact) mass is 369 g/mol. The van der Waals surface area contributed by atoms with Gasteiger partial charge in [-0.05, 0) is 62.4 Å². The Morgan fingerprint density at radius 1 is 1.04 bits per heavy atom. The second kappa shape index (κ2) is 9.45. The molecule has 4 nitrogen and oxygen atoms in total. The molecule has 146 valence electrons. The summed E-state index contributed by atoms with van der Waals surface area (Å²) in [6.07, 6.45) is 0.285. The van der Waals surface area contributed by atoms with Crippen LogP contribution in [-0.2, 0) is 4.79 Å². The van der Waals surface area contributed by atoms with Crippen molar-refractivity contribution in [3.63, 3.8) is 0 Å². The number of carbonyl (C=O) groups excluding carboxylic acids is 1. The van der Waals surface area contributed by atoms with Crippen LogP contribution in [0.2, 0.25) is 0 Å². The van der Waals surface area contributed by atoms with Crippen LogP contribution in [-0.4, -0.2) is 19.1 Å². The quantitative estimate of drug-likeness (QED) is 0.714. The van der Waals surface area contributed by atoms with Crippen molar-refractivity contribution in [2.45, 2.75) is 53.2 Å². The summed E-state index contributed by atoms with van der Waals surface area (Å²) in [7, 11) is 1.65. The first-order valence-electron chi connectivity index (χ1n) is 9.48. The van der Waals surface area contributed by atoms with E-state index in [9.17, 15) is 4.79 Å². The van der Waals surface area contributed by atoms with Gasteiger partial charge in [-0.1, -0.05) is 43.7 Å². The van der Waals surface area contributed by atoms with Crippen LogP contribution in [0.1, 0.15) is 49.9 Å². The van der Waals surface area contributed by atoms with Gasteiger partial charge in [0.2, 0.25) is 0 Å². The Morgan fingerprint density at radius 3 is 2.26 bits per heavy atom. The van der Waals surface area contributed by atoms with E-state index in [4.69, 9.17) is 9.47 Å². The summed E-state index contributed by atoms with van der Waals surface area (Å²) in [5.41, 5.74) is 3.27. The highest BCUT2D eigenvalue weighted by Gasteiger charge is 2.21. The summed E-state index contributed by atoms with van der Waals surface area (Å²) >= 11 is 0. The van der Waals surface area contributed by atoms with Gasteiger partial charge in [0.05, 0.1) is 13.2 Å². The molecule has 0 heterocycles. The highest BCUT2D eigenvalue weighted by molar-refractivity contribution is 5.81. The first kappa shape index (κ1) is 20.8. The maximum Gasteiger partial charge on any atom is 0.261 e. The molecule has 0 radical (unpaired) electrons. The third kappa shape index (κ3) is 6.02. The molecular formula is C23H31NO3. The second-order valence-electron chi connectivity index (χ2n) is 7.49. The highest BCUT2D eigenvalue weighted by atomic mass is 16.5. The van der Waals surface area contributed by atoms with Crippen LogP contribution in [0.4, 0.5) is 0 Å². The lowest BCUT2D eigenvalue weighted by Crippen LogP contribution is -2.39. The summed E-state index contributed by atoms with van der Waals surface area (Å²) in [6, 6.07) is 13.8. The fourth-order valence-electron chi connectivity index (χ4n) is 3.05. The first-order valence-corrected chi connectivity index (χ1v) is 9.48. The van der Waals surface area contributed by atoms with Gasteiger partial charge in [-0.15, -0.1) is 0 Å². The maximum absolute atomic E-state index is 12.8. The summed E-state index contributed by atoms with van der Waals surface area (Å²) in [4.78, 5) is 12.8. The molecule has 0 spiro atoms. The number of benzene rings is 2. The van der Waals surface area contributed by atoms with E-state index in [1.807, 2.05) is 50.2 Å². The van der Waals surface area contributed by atoms with Crippen LogP contribution in [0.15, 0.2) is 42.5 Å². The third-order valence-corrected chi connectivity index (χ3v) is 4.55. The number of rotatable bonds is 8. The Hall–Kier alpha value is -2.49. The van der Waals surface area contributed by atoms with Gasteiger partial charge in [-0.25, -0.2) is 0 Å². The largest absolute Gasteiger partial charge is 0.497 e. The summed E-state index contributed by atoms with van der Waals surface area (Å²) in [5.74, 6) is 1.89. The maximum atomic E-state index is 12.8. The molecule has 0 bridgehead atoms. The van der Waals surface area contributed by atoms with E-state index in [-0.39, 0.29) is 11.9 Å². The van der Waals surface area contributed by atoms with Gasteiger partial charge in [-0.3, -0.25) is 4.79 Å². The number of hydrogen-bond donors (Lipinski definition) is 1. The molecule has 4 heteroatoms. The molecule has 2 atom stereocenters. The Morgan fingerprint density at radius 2 is 1.70 bits per heavy atom. The zero-order valence-corrected chi connectivity index (χ0v) is 17.2. The van der Waals surface area contributed by atoms with Crippen molar-refractivity contribution in [3.8, 4) is 11.5 Å². The topological polar surface area (TPSA) is 47.6 Å². The summed E-state index contributed by atoms with van der Waals surface area (Å²) in [6.45, 7) is 10.1. The average molecular weight is 370 g/mol. The Balaban J connectivity index is 2.09. The normalized spacial score (nSPS) is 13.1. The van der Waals surface area contributed by atoms with Gasteiger partial charge in [0, 0.05) is 0 Å². The Kier molecular flexibility index (Phi) is 7.28. The van der Waals surface area contributed by atoms with Crippen molar-refractivity contribution in [1.82, 2.24) is 5.32 Å². The zero-order chi connectivity index (χ0) is 20.0. The minimum absolute atomic E-state index is 0.0615. The van der Waals surface area contributed by atoms with Crippen LogP contribution >= 0.6 is 0 Å². The smallest absolute Gasteiger partial charge is 0.261 e. The van der Waals surface area contributed by atoms with Gasteiger partial charge in [0.15, 0.2) is 6.10 Å². The molecule has 1 N–H and O–H groups in total. The molecule has 27 heavy (non-hydrogen) atoms. The minimum Gasteiger partial charge on any atom is -0.497 e. The van der Waals surface area contributed by atoms with Gasteiger partial charge in [-0.2, -0.15) is 0 Å². The fourth-order valence-corrected chi connectivity index (χ4v) is 3.05. The second-order valence-corrected chi connectivity index (χ2v) is 7.49. The lowest BCUT2D eigenvalue weighted by molar-refractivity contribution is -0.128. The van der Waals surface area contributed by atoms with E-state index < -0.39 is 6.10 Å².